The zero-order chi connectivity index (χ0) is 25.5. The van der Waals surface area contributed by atoms with E-state index in [0.717, 1.165) is 47.0 Å². The molecule has 3 heterocycles. The third-order valence-corrected chi connectivity index (χ3v) is 9.13. The van der Waals surface area contributed by atoms with Gasteiger partial charge in [-0.25, -0.2) is 9.67 Å². The minimum absolute atomic E-state index is 0.101. The van der Waals surface area contributed by atoms with Crippen LogP contribution in [0.4, 0.5) is 10.8 Å². The first-order valence-electron chi connectivity index (χ1n) is 13.7. The van der Waals surface area contributed by atoms with Gasteiger partial charge < -0.3 is 15.5 Å². The Labute approximate surface area is 227 Å². The second kappa shape index (κ2) is 10.4. The number of aromatic nitrogens is 3. The van der Waals surface area contributed by atoms with Crippen LogP contribution in [0.5, 0.6) is 0 Å². The predicted molar refractivity (Wildman–Crippen MR) is 151 cm³/mol. The summed E-state index contributed by atoms with van der Waals surface area (Å²) >= 11 is 8.44. The van der Waals surface area contributed by atoms with Crippen molar-refractivity contribution in [2.45, 2.75) is 64.7 Å². The number of anilines is 2. The Balaban J connectivity index is 1.25. The van der Waals surface area contributed by atoms with Crippen molar-refractivity contribution in [3.63, 3.8) is 0 Å². The highest BCUT2D eigenvalue weighted by atomic mass is 35.5. The number of benzene rings is 1. The predicted octanol–water partition coefficient (Wildman–Crippen LogP) is 6.12. The van der Waals surface area contributed by atoms with Gasteiger partial charge in [0.15, 0.2) is 5.13 Å². The maximum Gasteiger partial charge on any atom is 0.223 e. The third kappa shape index (κ3) is 5.16. The summed E-state index contributed by atoms with van der Waals surface area (Å²) in [7, 11) is 0. The number of nitrogens with zero attached hydrogens (tertiary/aromatic N) is 4. The second-order valence-electron chi connectivity index (χ2n) is 10.7. The molecular formula is C28H35ClN6OS. The lowest BCUT2D eigenvalue weighted by Crippen LogP contribution is -2.36. The minimum Gasteiger partial charge on any atom is -0.385 e. The van der Waals surface area contributed by atoms with E-state index in [0.29, 0.717) is 22.0 Å². The van der Waals surface area contributed by atoms with Gasteiger partial charge in [-0.3, -0.25) is 4.79 Å². The molecule has 0 unspecified atom stereocenters. The molecule has 37 heavy (non-hydrogen) atoms. The van der Waals surface area contributed by atoms with E-state index in [1.807, 2.05) is 10.7 Å². The summed E-state index contributed by atoms with van der Waals surface area (Å²) in [5, 5.41) is 13.0. The van der Waals surface area contributed by atoms with Gasteiger partial charge in [0, 0.05) is 30.6 Å². The van der Waals surface area contributed by atoms with E-state index in [1.165, 1.54) is 81.3 Å². The van der Waals surface area contributed by atoms with Gasteiger partial charge in [-0.2, -0.15) is 5.10 Å². The Morgan fingerprint density at radius 2 is 2.00 bits per heavy atom. The van der Waals surface area contributed by atoms with E-state index >= 15 is 0 Å². The molecule has 0 spiro atoms. The van der Waals surface area contributed by atoms with Crippen LogP contribution < -0.4 is 10.6 Å². The molecule has 2 fully saturated rings. The van der Waals surface area contributed by atoms with Crippen LogP contribution >= 0.6 is 22.9 Å². The van der Waals surface area contributed by atoms with E-state index in [9.17, 15) is 4.79 Å². The minimum atomic E-state index is -0.101. The van der Waals surface area contributed by atoms with Gasteiger partial charge in [0.1, 0.15) is 0 Å². The summed E-state index contributed by atoms with van der Waals surface area (Å²) in [5.74, 6) is 1.15. The monoisotopic (exact) mass is 538 g/mol. The SMILES string of the molecule is CCCN1CCC(CNc2ccc(-n3nc(C4CC4)c4c3-c3sc(NC(C)=O)nc3CC4)c(Cl)c2)CC1. The van der Waals surface area contributed by atoms with Crippen molar-refractivity contribution < 1.29 is 4.79 Å². The van der Waals surface area contributed by atoms with Crippen LogP contribution in [0.3, 0.4) is 0 Å². The number of carbonyl (C=O) groups excluding carboxylic acids is 1. The first kappa shape index (κ1) is 24.9. The lowest BCUT2D eigenvalue weighted by molar-refractivity contribution is -0.114. The smallest absolute Gasteiger partial charge is 0.223 e. The molecule has 3 aromatic rings. The summed E-state index contributed by atoms with van der Waals surface area (Å²) in [5.41, 5.74) is 6.61. The quantitative estimate of drug-likeness (QED) is 0.361. The number of likely N-dealkylation sites (tertiary alicyclic amines) is 1. The molecular weight excluding hydrogens is 504 g/mol. The fourth-order valence-electron chi connectivity index (χ4n) is 5.74. The van der Waals surface area contributed by atoms with Crippen molar-refractivity contribution in [2.24, 2.45) is 5.92 Å². The van der Waals surface area contributed by atoms with Crippen molar-refractivity contribution in [3.05, 3.63) is 40.2 Å². The molecule has 0 bridgehead atoms. The molecule has 1 aromatic carbocycles. The van der Waals surface area contributed by atoms with Crippen LogP contribution in [0.2, 0.25) is 5.02 Å². The van der Waals surface area contributed by atoms with Crippen molar-refractivity contribution in [3.8, 4) is 16.3 Å². The largest absolute Gasteiger partial charge is 0.385 e. The van der Waals surface area contributed by atoms with E-state index in [-0.39, 0.29) is 5.91 Å². The van der Waals surface area contributed by atoms with E-state index in [1.54, 1.807) is 0 Å². The summed E-state index contributed by atoms with van der Waals surface area (Å²) in [6.07, 6.45) is 7.92. The summed E-state index contributed by atoms with van der Waals surface area (Å²) in [4.78, 5) is 20.0. The van der Waals surface area contributed by atoms with E-state index in [4.69, 9.17) is 21.7 Å². The molecule has 2 aliphatic carbocycles. The zero-order valence-electron chi connectivity index (χ0n) is 21.6. The van der Waals surface area contributed by atoms with E-state index in [2.05, 4.69) is 34.6 Å². The van der Waals surface area contributed by atoms with E-state index < -0.39 is 0 Å². The molecule has 0 radical (unpaired) electrons. The van der Waals surface area contributed by atoms with Crippen molar-refractivity contribution in [2.75, 3.05) is 36.8 Å². The molecule has 2 aromatic heterocycles. The molecule has 196 valence electrons. The van der Waals surface area contributed by atoms with Gasteiger partial charge in [-0.15, -0.1) is 0 Å². The molecule has 1 aliphatic heterocycles. The molecule has 1 saturated carbocycles. The van der Waals surface area contributed by atoms with Crippen LogP contribution in [0.15, 0.2) is 18.2 Å². The Morgan fingerprint density at radius 1 is 1.19 bits per heavy atom. The lowest BCUT2D eigenvalue weighted by Gasteiger charge is -2.31. The molecule has 7 nitrogen and oxygen atoms in total. The lowest BCUT2D eigenvalue weighted by atomic mass is 9.96. The Kier molecular flexibility index (Phi) is 6.99. The van der Waals surface area contributed by atoms with Crippen LogP contribution in [-0.4, -0.2) is 51.8 Å². The molecule has 3 aliphatic rings. The molecule has 0 atom stereocenters. The molecule has 1 amide bonds. The van der Waals surface area contributed by atoms with Crippen LogP contribution in [-0.2, 0) is 17.6 Å². The summed E-state index contributed by atoms with van der Waals surface area (Å²) in [6, 6.07) is 6.24. The van der Waals surface area contributed by atoms with Gasteiger partial charge >= 0.3 is 0 Å². The number of halogens is 1. The summed E-state index contributed by atoms with van der Waals surface area (Å²) in [6.45, 7) is 8.38. The maximum absolute atomic E-state index is 11.6. The summed E-state index contributed by atoms with van der Waals surface area (Å²) < 4.78 is 2.03. The van der Waals surface area contributed by atoms with Crippen LogP contribution in [0.25, 0.3) is 16.3 Å². The highest BCUT2D eigenvalue weighted by Crippen LogP contribution is 2.48. The van der Waals surface area contributed by atoms with Gasteiger partial charge in [-0.1, -0.05) is 29.9 Å². The number of thiazole rings is 1. The number of aryl methyl sites for hydroxylation is 1. The number of amides is 1. The Bertz CT molecular complexity index is 1300. The van der Waals surface area contributed by atoms with Gasteiger partial charge in [0.2, 0.25) is 5.91 Å². The molecule has 2 N–H and O–H groups in total. The van der Waals surface area contributed by atoms with Crippen LogP contribution in [0, 0.1) is 5.92 Å². The van der Waals surface area contributed by atoms with Crippen molar-refractivity contribution in [1.29, 1.82) is 0 Å². The van der Waals surface area contributed by atoms with Gasteiger partial charge in [0.25, 0.3) is 0 Å². The highest BCUT2D eigenvalue weighted by molar-refractivity contribution is 7.19. The Morgan fingerprint density at radius 3 is 2.70 bits per heavy atom. The van der Waals surface area contributed by atoms with Crippen molar-refractivity contribution >= 4 is 39.7 Å². The van der Waals surface area contributed by atoms with Gasteiger partial charge in [-0.05, 0) is 88.7 Å². The maximum atomic E-state index is 11.6. The fourth-order valence-corrected chi connectivity index (χ4v) is 7.12. The fraction of sp³-hybridized carbons (Fsp3) is 0.536. The number of hydrogen-bond donors (Lipinski definition) is 2. The molecule has 6 rings (SSSR count). The molecule has 9 heteroatoms. The standard InChI is InChI=1S/C28H35ClN6OS/c1-3-12-34-13-10-18(11-14-34)16-30-20-6-9-24(22(29)15-20)35-26-21(25(33-35)19-4-5-19)7-8-23-27(26)37-28(32-23)31-17(2)36/h6,9,15,18-19,30H,3-5,7-8,10-14,16H2,1-2H3,(H,31,32,36). The number of fused-ring (bicyclic) bond motifs is 3. The molecule has 1 saturated heterocycles. The average molecular weight is 539 g/mol. The van der Waals surface area contributed by atoms with Gasteiger partial charge in [0.05, 0.1) is 32.7 Å². The third-order valence-electron chi connectivity index (χ3n) is 7.80. The number of hydrogen-bond acceptors (Lipinski definition) is 6. The second-order valence-corrected chi connectivity index (χ2v) is 12.1. The normalized spacial score (nSPS) is 17.9. The first-order valence-corrected chi connectivity index (χ1v) is 14.8. The van der Waals surface area contributed by atoms with Crippen molar-refractivity contribution in [1.82, 2.24) is 19.7 Å². The average Bonchev–Trinajstić information content (AvgIpc) is 3.53. The number of piperidine rings is 1. The number of nitrogens with one attached hydrogen (secondary N) is 2. The zero-order valence-corrected chi connectivity index (χ0v) is 23.2. The topological polar surface area (TPSA) is 75.1 Å². The highest BCUT2D eigenvalue weighted by Gasteiger charge is 2.36. The number of carbonyl (C=O) groups is 1. The number of rotatable bonds is 8. The Hall–Kier alpha value is -2.42. The van der Waals surface area contributed by atoms with Crippen LogP contribution in [0.1, 0.15) is 68.8 Å². The first-order chi connectivity index (χ1) is 18.0.